The second kappa shape index (κ2) is 13.7. The molecule has 0 saturated carbocycles. The molecule has 0 fully saturated rings. The Labute approximate surface area is 89.1 Å². The minimum absolute atomic E-state index is 0.157. The summed E-state index contributed by atoms with van der Waals surface area (Å²) in [6.07, 6.45) is 2.89. The Morgan fingerprint density at radius 3 is 1.55 bits per heavy atom. The van der Waals surface area contributed by atoms with Crippen LogP contribution in [0.25, 0.3) is 0 Å². The van der Waals surface area contributed by atoms with Crippen molar-refractivity contribution in [2.45, 2.75) is 31.0 Å². The van der Waals surface area contributed by atoms with E-state index in [-0.39, 0.29) is 4.84 Å². The number of hydrogen-bond donors (Lipinski definition) is 0. The average molecular weight is 240 g/mol. The molecule has 0 atom stereocenters. The SMILES string of the molecule is CCCC(Cl)Cl.ClCCCCl. The second-order valence-electron chi connectivity index (χ2n) is 1.91. The summed E-state index contributed by atoms with van der Waals surface area (Å²) in [7, 11) is 0. The predicted octanol–water partition coefficient (Wildman–Crippen LogP) is 4.44. The van der Waals surface area contributed by atoms with Crippen LogP contribution in [0.3, 0.4) is 0 Å². The van der Waals surface area contributed by atoms with E-state index in [2.05, 4.69) is 6.92 Å². The van der Waals surface area contributed by atoms with Gasteiger partial charge in [-0.1, -0.05) is 13.3 Å². The van der Waals surface area contributed by atoms with Crippen LogP contribution in [0.1, 0.15) is 26.2 Å². The third-order valence-electron chi connectivity index (χ3n) is 0.774. The molecule has 0 amide bonds. The molecule has 70 valence electrons. The van der Waals surface area contributed by atoms with Crippen molar-refractivity contribution in [2.75, 3.05) is 11.8 Å². The van der Waals surface area contributed by atoms with Crippen LogP contribution >= 0.6 is 46.4 Å². The van der Waals surface area contributed by atoms with Crippen molar-refractivity contribution in [1.29, 1.82) is 0 Å². The quantitative estimate of drug-likeness (QED) is 0.637. The highest BCUT2D eigenvalue weighted by Gasteiger charge is 1.91. The fourth-order valence-electron chi connectivity index (χ4n) is 0.269. The van der Waals surface area contributed by atoms with Crippen molar-refractivity contribution in [3.8, 4) is 0 Å². The third kappa shape index (κ3) is 24.7. The number of halogens is 4. The van der Waals surface area contributed by atoms with Crippen molar-refractivity contribution < 1.29 is 0 Å². The Kier molecular flexibility index (Phi) is 18.3. The molecule has 0 bridgehead atoms. The summed E-state index contributed by atoms with van der Waals surface area (Å²) in [5, 5.41) is 0. The van der Waals surface area contributed by atoms with Gasteiger partial charge in [0.05, 0.1) is 0 Å². The Hall–Kier alpha value is 1.16. The van der Waals surface area contributed by atoms with Crippen LogP contribution in [0, 0.1) is 0 Å². The molecule has 0 aromatic carbocycles. The predicted molar refractivity (Wildman–Crippen MR) is 56.5 cm³/mol. The van der Waals surface area contributed by atoms with E-state index >= 15 is 0 Å². The van der Waals surface area contributed by atoms with Gasteiger partial charge >= 0.3 is 0 Å². The van der Waals surface area contributed by atoms with E-state index in [1.165, 1.54) is 0 Å². The third-order valence-corrected chi connectivity index (χ3v) is 1.75. The van der Waals surface area contributed by atoms with Crippen LogP contribution in [0.2, 0.25) is 0 Å². The Bertz CT molecular complexity index is 54.4. The largest absolute Gasteiger partial charge is 0.127 e. The van der Waals surface area contributed by atoms with Gasteiger partial charge in [-0.05, 0) is 12.8 Å². The lowest BCUT2D eigenvalue weighted by atomic mass is 10.4. The summed E-state index contributed by atoms with van der Waals surface area (Å²) in [6.45, 7) is 2.05. The maximum absolute atomic E-state index is 5.34. The van der Waals surface area contributed by atoms with Gasteiger partial charge in [0.15, 0.2) is 0 Å². The molecule has 0 unspecified atom stereocenters. The summed E-state index contributed by atoms with van der Waals surface area (Å²) in [5.74, 6) is 1.37. The monoisotopic (exact) mass is 238 g/mol. The zero-order valence-corrected chi connectivity index (χ0v) is 9.65. The first-order valence-electron chi connectivity index (χ1n) is 3.59. The van der Waals surface area contributed by atoms with Crippen LogP contribution in [0.15, 0.2) is 0 Å². The first-order chi connectivity index (χ1) is 5.18. The summed E-state index contributed by atoms with van der Waals surface area (Å²) in [4.78, 5) is -0.157. The van der Waals surface area contributed by atoms with Crippen molar-refractivity contribution >= 4 is 46.4 Å². The maximum Gasteiger partial charge on any atom is 0.107 e. The summed E-state index contributed by atoms with van der Waals surface area (Å²) >= 11 is 21.1. The summed E-state index contributed by atoms with van der Waals surface area (Å²) in [6, 6.07) is 0. The highest BCUT2D eigenvalue weighted by Crippen LogP contribution is 2.07. The van der Waals surface area contributed by atoms with Crippen molar-refractivity contribution in [3.63, 3.8) is 0 Å². The number of rotatable bonds is 4. The Balaban J connectivity index is 0. The molecule has 0 rings (SSSR count). The Morgan fingerprint density at radius 2 is 1.55 bits per heavy atom. The Morgan fingerprint density at radius 1 is 1.09 bits per heavy atom. The first kappa shape index (κ1) is 14.7. The number of hydrogen-bond acceptors (Lipinski definition) is 0. The first-order valence-corrected chi connectivity index (χ1v) is 5.53. The van der Waals surface area contributed by atoms with Gasteiger partial charge in [-0.25, -0.2) is 0 Å². The van der Waals surface area contributed by atoms with E-state index in [1.807, 2.05) is 0 Å². The standard InChI is InChI=1S/C4H8Cl2.C3H6Cl2/c1-2-3-4(5)6;4-2-1-3-5/h4H,2-3H2,1H3;1-3H2. The molecule has 0 aliphatic carbocycles. The molecule has 0 aliphatic heterocycles. The molecule has 0 spiro atoms. The second-order valence-corrected chi connectivity index (χ2v) is 3.94. The zero-order valence-electron chi connectivity index (χ0n) is 6.62. The van der Waals surface area contributed by atoms with Crippen LogP contribution in [0.4, 0.5) is 0 Å². The van der Waals surface area contributed by atoms with Gasteiger partial charge in [0.1, 0.15) is 4.84 Å². The lowest BCUT2D eigenvalue weighted by Crippen LogP contribution is -1.80. The van der Waals surface area contributed by atoms with Crippen LogP contribution < -0.4 is 0 Å². The van der Waals surface area contributed by atoms with Crippen molar-refractivity contribution in [2.24, 2.45) is 0 Å². The molecule has 0 heterocycles. The zero-order chi connectivity index (χ0) is 9.11. The molecule has 0 aromatic heterocycles. The normalized spacial score (nSPS) is 9.27. The molecule has 0 radical (unpaired) electrons. The number of alkyl halides is 4. The molecule has 0 aliphatic rings. The fourth-order valence-corrected chi connectivity index (χ4v) is 1.11. The average Bonchev–Trinajstić information content (AvgIpc) is 1.90. The van der Waals surface area contributed by atoms with Crippen molar-refractivity contribution in [1.82, 2.24) is 0 Å². The molecule has 0 nitrogen and oxygen atoms in total. The van der Waals surface area contributed by atoms with Gasteiger partial charge in [-0.2, -0.15) is 0 Å². The minimum atomic E-state index is -0.157. The van der Waals surface area contributed by atoms with Crippen molar-refractivity contribution in [3.05, 3.63) is 0 Å². The highest BCUT2D eigenvalue weighted by molar-refractivity contribution is 6.44. The minimum Gasteiger partial charge on any atom is -0.127 e. The topological polar surface area (TPSA) is 0 Å². The lowest BCUT2D eigenvalue weighted by molar-refractivity contribution is 0.859. The van der Waals surface area contributed by atoms with E-state index in [0.717, 1.165) is 19.3 Å². The summed E-state index contributed by atoms with van der Waals surface area (Å²) in [5.41, 5.74) is 0. The maximum atomic E-state index is 5.34. The van der Waals surface area contributed by atoms with Gasteiger partial charge in [0, 0.05) is 11.8 Å². The molecular weight excluding hydrogens is 226 g/mol. The van der Waals surface area contributed by atoms with Gasteiger partial charge in [0.2, 0.25) is 0 Å². The molecule has 0 N–H and O–H groups in total. The van der Waals surface area contributed by atoms with Gasteiger partial charge < -0.3 is 0 Å². The highest BCUT2D eigenvalue weighted by atomic mass is 35.5. The van der Waals surface area contributed by atoms with Crippen LogP contribution in [-0.4, -0.2) is 16.6 Å². The molecular formula is C7H14Cl4. The lowest BCUT2D eigenvalue weighted by Gasteiger charge is -1.90. The molecule has 0 saturated heterocycles. The molecule has 4 heteroatoms. The molecule has 11 heavy (non-hydrogen) atoms. The smallest absolute Gasteiger partial charge is 0.107 e. The van der Waals surface area contributed by atoms with E-state index in [4.69, 9.17) is 46.4 Å². The van der Waals surface area contributed by atoms with E-state index in [1.54, 1.807) is 0 Å². The van der Waals surface area contributed by atoms with E-state index in [9.17, 15) is 0 Å². The fraction of sp³-hybridized carbons (Fsp3) is 1.00. The summed E-state index contributed by atoms with van der Waals surface area (Å²) < 4.78 is 0. The van der Waals surface area contributed by atoms with Crippen LogP contribution in [-0.2, 0) is 0 Å². The van der Waals surface area contributed by atoms with Gasteiger partial charge in [-0.3, -0.25) is 0 Å². The molecule has 0 aromatic rings. The van der Waals surface area contributed by atoms with Crippen LogP contribution in [0.5, 0.6) is 0 Å². The van der Waals surface area contributed by atoms with Gasteiger partial charge in [-0.15, -0.1) is 46.4 Å². The van der Waals surface area contributed by atoms with Gasteiger partial charge in [0.25, 0.3) is 0 Å². The van der Waals surface area contributed by atoms with E-state index < -0.39 is 0 Å². The van der Waals surface area contributed by atoms with E-state index in [0.29, 0.717) is 11.8 Å².